The van der Waals surface area contributed by atoms with Gasteiger partial charge in [0.05, 0.1) is 11.5 Å². The number of unbranched alkanes of at least 4 members (excludes halogenated alkanes) is 4. The third-order valence-corrected chi connectivity index (χ3v) is 5.55. The lowest BCUT2D eigenvalue weighted by molar-refractivity contribution is 0.231. The zero-order chi connectivity index (χ0) is 17.8. The van der Waals surface area contributed by atoms with Crippen molar-refractivity contribution in [2.45, 2.75) is 70.1 Å². The highest BCUT2D eigenvalue weighted by Gasteiger charge is 2.18. The molecule has 24 heavy (non-hydrogen) atoms. The van der Waals surface area contributed by atoms with Crippen molar-refractivity contribution in [2.75, 3.05) is 6.61 Å². The van der Waals surface area contributed by atoms with Crippen LogP contribution in [0.4, 0.5) is 0 Å². The molecule has 0 radical (unpaired) electrons. The molecule has 0 aliphatic carbocycles. The zero-order valence-corrected chi connectivity index (χ0v) is 16.0. The van der Waals surface area contributed by atoms with E-state index in [0.717, 1.165) is 37.7 Å². The topological polar surface area (TPSA) is 43.4 Å². The average Bonchev–Trinajstić information content (AvgIpc) is 2.56. The second-order valence-electron chi connectivity index (χ2n) is 6.49. The van der Waals surface area contributed by atoms with Crippen LogP contribution < -0.4 is 0 Å². The second kappa shape index (κ2) is 11.4. The summed E-state index contributed by atoms with van der Waals surface area (Å²) < 4.78 is 30.0. The smallest absolute Gasteiger partial charge is 0.266 e. The summed E-state index contributed by atoms with van der Waals surface area (Å²) in [4.78, 5) is 0.240. The average molecular weight is 353 g/mol. The number of hydrogen-bond donors (Lipinski definition) is 0. The van der Waals surface area contributed by atoms with Crippen LogP contribution in [0.3, 0.4) is 0 Å². The highest BCUT2D eigenvalue weighted by atomic mass is 32.2. The van der Waals surface area contributed by atoms with Crippen molar-refractivity contribution in [1.29, 1.82) is 0 Å². The summed E-state index contributed by atoms with van der Waals surface area (Å²) in [5.74, 6) is 0.294. The molecular weight excluding hydrogens is 320 g/mol. The summed E-state index contributed by atoms with van der Waals surface area (Å²) in [6.45, 7) is 8.15. The molecule has 1 atom stereocenters. The molecule has 0 aliphatic heterocycles. The van der Waals surface area contributed by atoms with E-state index in [4.69, 9.17) is 4.18 Å². The van der Waals surface area contributed by atoms with Crippen LogP contribution in [0.25, 0.3) is 0 Å². The van der Waals surface area contributed by atoms with Crippen LogP contribution in [0.2, 0.25) is 0 Å². The lowest BCUT2D eigenvalue weighted by Crippen LogP contribution is -2.15. The van der Waals surface area contributed by atoms with Gasteiger partial charge >= 0.3 is 0 Å². The molecule has 0 spiro atoms. The van der Waals surface area contributed by atoms with Crippen LogP contribution in [0.1, 0.15) is 63.9 Å². The van der Waals surface area contributed by atoms with Gasteiger partial charge in [-0.2, -0.15) is 8.42 Å². The van der Waals surface area contributed by atoms with E-state index in [2.05, 4.69) is 13.5 Å². The minimum Gasteiger partial charge on any atom is -0.266 e. The van der Waals surface area contributed by atoms with E-state index in [9.17, 15) is 8.42 Å². The Kier molecular flexibility index (Phi) is 9.96. The van der Waals surface area contributed by atoms with Gasteiger partial charge in [-0.3, -0.25) is 4.18 Å². The van der Waals surface area contributed by atoms with Crippen LogP contribution >= 0.6 is 0 Å². The van der Waals surface area contributed by atoms with Gasteiger partial charge in [-0.25, -0.2) is 0 Å². The van der Waals surface area contributed by atoms with Crippen LogP contribution in [-0.2, 0) is 14.3 Å². The first-order valence-electron chi connectivity index (χ1n) is 9.06. The monoisotopic (exact) mass is 352 g/mol. The summed E-state index contributed by atoms with van der Waals surface area (Å²) in [6.07, 6.45) is 10.7. The molecule has 0 saturated carbocycles. The lowest BCUT2D eigenvalue weighted by atomic mass is 9.96. The second-order valence-corrected chi connectivity index (χ2v) is 8.10. The SMILES string of the molecule is C=CCCCC(CCCCCC)COS(=O)(=O)c1ccc(C)cc1. The maximum absolute atomic E-state index is 12.3. The summed E-state index contributed by atoms with van der Waals surface area (Å²) in [6, 6.07) is 6.81. The lowest BCUT2D eigenvalue weighted by Gasteiger charge is -2.17. The maximum atomic E-state index is 12.3. The molecule has 0 saturated heterocycles. The molecule has 0 bridgehead atoms. The van der Waals surface area contributed by atoms with Crippen LogP contribution in [0.5, 0.6) is 0 Å². The fourth-order valence-electron chi connectivity index (χ4n) is 2.68. The molecule has 3 nitrogen and oxygen atoms in total. The highest BCUT2D eigenvalue weighted by Crippen LogP contribution is 2.21. The Morgan fingerprint density at radius 3 is 2.38 bits per heavy atom. The van der Waals surface area contributed by atoms with E-state index < -0.39 is 10.1 Å². The number of allylic oxidation sites excluding steroid dienone is 1. The van der Waals surface area contributed by atoms with Gasteiger partial charge in [0.15, 0.2) is 0 Å². The van der Waals surface area contributed by atoms with Crippen LogP contribution in [0, 0.1) is 12.8 Å². The Morgan fingerprint density at radius 1 is 1.08 bits per heavy atom. The molecule has 4 heteroatoms. The van der Waals surface area contributed by atoms with Crippen molar-refractivity contribution < 1.29 is 12.6 Å². The minimum atomic E-state index is -3.66. The third kappa shape index (κ3) is 8.11. The Balaban J connectivity index is 2.56. The van der Waals surface area contributed by atoms with Crippen molar-refractivity contribution in [3.63, 3.8) is 0 Å². The maximum Gasteiger partial charge on any atom is 0.296 e. The third-order valence-electron chi connectivity index (χ3n) is 4.26. The number of benzene rings is 1. The van der Waals surface area contributed by atoms with Gasteiger partial charge in [0, 0.05) is 0 Å². The molecule has 0 fully saturated rings. The zero-order valence-electron chi connectivity index (χ0n) is 15.2. The van der Waals surface area contributed by atoms with E-state index in [1.807, 2.05) is 13.0 Å². The molecule has 0 N–H and O–H groups in total. The van der Waals surface area contributed by atoms with Crippen molar-refractivity contribution >= 4 is 10.1 Å². The predicted octanol–water partition coefficient (Wildman–Crippen LogP) is 5.64. The molecule has 1 rings (SSSR count). The van der Waals surface area contributed by atoms with Crippen LogP contribution in [-0.4, -0.2) is 15.0 Å². The van der Waals surface area contributed by atoms with E-state index in [0.29, 0.717) is 5.92 Å². The molecule has 0 amide bonds. The van der Waals surface area contributed by atoms with E-state index in [1.165, 1.54) is 19.3 Å². The fraction of sp³-hybridized carbons (Fsp3) is 0.600. The van der Waals surface area contributed by atoms with Gasteiger partial charge in [0.25, 0.3) is 10.1 Å². The normalized spacial score (nSPS) is 12.9. The Hall–Kier alpha value is -1.13. The first-order chi connectivity index (χ1) is 11.5. The summed E-state index contributed by atoms with van der Waals surface area (Å²) in [5.41, 5.74) is 1.03. The molecule has 1 aromatic rings. The van der Waals surface area contributed by atoms with Crippen molar-refractivity contribution in [3.8, 4) is 0 Å². The van der Waals surface area contributed by atoms with Gasteiger partial charge in [-0.15, -0.1) is 6.58 Å². The van der Waals surface area contributed by atoms with Gasteiger partial charge in [0.1, 0.15) is 0 Å². The number of hydrogen-bond acceptors (Lipinski definition) is 3. The predicted molar refractivity (Wildman–Crippen MR) is 101 cm³/mol. The van der Waals surface area contributed by atoms with Gasteiger partial charge in [0.2, 0.25) is 0 Å². The van der Waals surface area contributed by atoms with Crippen molar-refractivity contribution in [3.05, 3.63) is 42.5 Å². The Morgan fingerprint density at radius 2 is 1.75 bits per heavy atom. The fourth-order valence-corrected chi connectivity index (χ4v) is 3.66. The molecular formula is C20H32O3S. The molecule has 1 aromatic carbocycles. The number of aryl methyl sites for hydroxylation is 1. The number of rotatable bonds is 13. The van der Waals surface area contributed by atoms with E-state index in [1.54, 1.807) is 24.3 Å². The van der Waals surface area contributed by atoms with E-state index >= 15 is 0 Å². The first kappa shape index (κ1) is 20.9. The minimum absolute atomic E-state index is 0.240. The highest BCUT2D eigenvalue weighted by molar-refractivity contribution is 7.86. The summed E-state index contributed by atoms with van der Waals surface area (Å²) in [7, 11) is -3.66. The Bertz CT molecular complexity index is 561. The van der Waals surface area contributed by atoms with Gasteiger partial charge in [-0.1, -0.05) is 56.4 Å². The van der Waals surface area contributed by atoms with Crippen LogP contribution in [0.15, 0.2) is 41.8 Å². The van der Waals surface area contributed by atoms with Gasteiger partial charge < -0.3 is 0 Å². The molecule has 0 aromatic heterocycles. The van der Waals surface area contributed by atoms with Crippen molar-refractivity contribution in [1.82, 2.24) is 0 Å². The Labute approximate surface area is 148 Å². The standard InChI is InChI=1S/C20H32O3S/c1-4-6-8-10-12-19(11-9-7-5-2)17-23-24(21,22)20-15-13-18(3)14-16-20/h5,13-16,19H,2,4,6-12,17H2,1,3H3. The molecule has 136 valence electrons. The largest absolute Gasteiger partial charge is 0.296 e. The van der Waals surface area contributed by atoms with Crippen molar-refractivity contribution in [2.24, 2.45) is 5.92 Å². The van der Waals surface area contributed by atoms with Gasteiger partial charge in [-0.05, 0) is 50.7 Å². The van der Waals surface area contributed by atoms with E-state index in [-0.39, 0.29) is 11.5 Å². The molecule has 0 heterocycles. The summed E-state index contributed by atoms with van der Waals surface area (Å²) in [5, 5.41) is 0. The summed E-state index contributed by atoms with van der Waals surface area (Å²) >= 11 is 0. The molecule has 1 unspecified atom stereocenters. The molecule has 0 aliphatic rings. The quantitative estimate of drug-likeness (QED) is 0.262. The first-order valence-corrected chi connectivity index (χ1v) is 10.5.